The maximum atomic E-state index is 9.97. The molecular formula is C15H24O3. The first-order valence-corrected chi connectivity index (χ1v) is 6.59. The van der Waals surface area contributed by atoms with Crippen LogP contribution < -0.4 is 9.47 Å². The van der Waals surface area contributed by atoms with Crippen LogP contribution >= 0.6 is 0 Å². The molecule has 0 aromatic heterocycles. The van der Waals surface area contributed by atoms with Crippen molar-refractivity contribution >= 4 is 0 Å². The first-order chi connectivity index (χ1) is 8.43. The van der Waals surface area contributed by atoms with E-state index in [-0.39, 0.29) is 12.2 Å². The van der Waals surface area contributed by atoms with Crippen molar-refractivity contribution in [2.45, 2.75) is 59.4 Å². The van der Waals surface area contributed by atoms with Gasteiger partial charge < -0.3 is 14.6 Å². The van der Waals surface area contributed by atoms with Crippen LogP contribution in [0.1, 0.15) is 52.7 Å². The SMILES string of the molecule is CCC(O)c1ccc(OC(C)C)cc1OC(C)C. The number of aliphatic hydroxyl groups excluding tert-OH is 1. The Kier molecular flexibility index (Phi) is 5.48. The summed E-state index contributed by atoms with van der Waals surface area (Å²) in [6.45, 7) is 9.86. The molecule has 1 aromatic carbocycles. The molecule has 0 saturated carbocycles. The summed E-state index contributed by atoms with van der Waals surface area (Å²) < 4.78 is 11.4. The van der Waals surface area contributed by atoms with Crippen LogP contribution in [0, 0.1) is 0 Å². The lowest BCUT2D eigenvalue weighted by atomic mass is 10.1. The number of benzene rings is 1. The second-order valence-electron chi connectivity index (χ2n) is 4.96. The maximum Gasteiger partial charge on any atom is 0.129 e. The van der Waals surface area contributed by atoms with E-state index in [4.69, 9.17) is 9.47 Å². The van der Waals surface area contributed by atoms with Gasteiger partial charge in [-0.1, -0.05) is 6.92 Å². The third-order valence-corrected chi connectivity index (χ3v) is 2.47. The van der Waals surface area contributed by atoms with Gasteiger partial charge in [-0.2, -0.15) is 0 Å². The average molecular weight is 252 g/mol. The first-order valence-electron chi connectivity index (χ1n) is 6.59. The molecule has 3 nitrogen and oxygen atoms in total. The zero-order valence-electron chi connectivity index (χ0n) is 11.9. The zero-order valence-corrected chi connectivity index (χ0v) is 11.9. The summed E-state index contributed by atoms with van der Waals surface area (Å²) in [6.07, 6.45) is 0.367. The molecule has 1 atom stereocenters. The fourth-order valence-corrected chi connectivity index (χ4v) is 1.71. The minimum Gasteiger partial charge on any atom is -0.491 e. The van der Waals surface area contributed by atoms with Crippen LogP contribution in [0.3, 0.4) is 0 Å². The van der Waals surface area contributed by atoms with Crippen molar-refractivity contribution in [2.24, 2.45) is 0 Å². The largest absolute Gasteiger partial charge is 0.491 e. The molecule has 1 unspecified atom stereocenters. The summed E-state index contributed by atoms with van der Waals surface area (Å²) in [5.74, 6) is 1.48. The average Bonchev–Trinajstić information content (AvgIpc) is 2.26. The molecule has 0 bridgehead atoms. The van der Waals surface area contributed by atoms with Crippen LogP contribution in [0.15, 0.2) is 18.2 Å². The molecule has 0 saturated heterocycles. The van der Waals surface area contributed by atoms with E-state index in [1.165, 1.54) is 0 Å². The maximum absolute atomic E-state index is 9.97. The standard InChI is InChI=1S/C15H24O3/c1-6-14(16)13-8-7-12(17-10(2)3)9-15(13)18-11(4)5/h7-11,14,16H,6H2,1-5H3. The second-order valence-corrected chi connectivity index (χ2v) is 4.96. The van der Waals surface area contributed by atoms with Crippen LogP contribution in [-0.2, 0) is 0 Å². The van der Waals surface area contributed by atoms with Crippen LogP contribution in [0.4, 0.5) is 0 Å². The van der Waals surface area contributed by atoms with E-state index in [1.54, 1.807) is 0 Å². The summed E-state index contributed by atoms with van der Waals surface area (Å²) in [6, 6.07) is 5.61. The van der Waals surface area contributed by atoms with Crippen molar-refractivity contribution in [1.29, 1.82) is 0 Å². The monoisotopic (exact) mass is 252 g/mol. The highest BCUT2D eigenvalue weighted by Gasteiger charge is 2.14. The van der Waals surface area contributed by atoms with Gasteiger partial charge in [0.25, 0.3) is 0 Å². The summed E-state index contributed by atoms with van der Waals surface area (Å²) in [5, 5.41) is 9.97. The molecule has 0 aliphatic heterocycles. The molecule has 1 aromatic rings. The summed E-state index contributed by atoms with van der Waals surface area (Å²) in [4.78, 5) is 0. The van der Waals surface area contributed by atoms with Crippen molar-refractivity contribution in [1.82, 2.24) is 0 Å². The Morgan fingerprint density at radius 1 is 1.06 bits per heavy atom. The second kappa shape index (κ2) is 6.64. The van der Waals surface area contributed by atoms with Gasteiger partial charge in [0.05, 0.1) is 18.3 Å². The summed E-state index contributed by atoms with van der Waals surface area (Å²) in [7, 11) is 0. The third-order valence-electron chi connectivity index (χ3n) is 2.47. The van der Waals surface area contributed by atoms with Gasteiger partial charge in [0.1, 0.15) is 11.5 Å². The third kappa shape index (κ3) is 4.22. The van der Waals surface area contributed by atoms with E-state index < -0.39 is 6.10 Å². The molecule has 0 aliphatic carbocycles. The van der Waals surface area contributed by atoms with Gasteiger partial charge in [0, 0.05) is 11.6 Å². The molecule has 3 heteroatoms. The van der Waals surface area contributed by atoms with Crippen LogP contribution in [0.5, 0.6) is 11.5 Å². The highest BCUT2D eigenvalue weighted by Crippen LogP contribution is 2.32. The van der Waals surface area contributed by atoms with Gasteiger partial charge in [-0.05, 0) is 46.2 Å². The Bertz CT molecular complexity index is 372. The van der Waals surface area contributed by atoms with Crippen LogP contribution in [0.2, 0.25) is 0 Å². The quantitative estimate of drug-likeness (QED) is 0.839. The van der Waals surface area contributed by atoms with Crippen molar-refractivity contribution in [2.75, 3.05) is 0 Å². The minimum absolute atomic E-state index is 0.0714. The number of hydrogen-bond acceptors (Lipinski definition) is 3. The van der Waals surface area contributed by atoms with Crippen molar-refractivity contribution in [3.05, 3.63) is 23.8 Å². The van der Waals surface area contributed by atoms with E-state index in [0.29, 0.717) is 12.2 Å². The predicted molar refractivity (Wildman–Crippen MR) is 73.2 cm³/mol. The molecule has 102 valence electrons. The fourth-order valence-electron chi connectivity index (χ4n) is 1.71. The Morgan fingerprint density at radius 3 is 2.17 bits per heavy atom. The molecule has 0 radical (unpaired) electrons. The summed E-state index contributed by atoms with van der Waals surface area (Å²) in [5.41, 5.74) is 0.822. The van der Waals surface area contributed by atoms with Crippen molar-refractivity contribution in [3.63, 3.8) is 0 Å². The van der Waals surface area contributed by atoms with Gasteiger partial charge in [-0.15, -0.1) is 0 Å². The lowest BCUT2D eigenvalue weighted by Gasteiger charge is -2.19. The molecule has 18 heavy (non-hydrogen) atoms. The highest BCUT2D eigenvalue weighted by atomic mass is 16.5. The smallest absolute Gasteiger partial charge is 0.129 e. The lowest BCUT2D eigenvalue weighted by molar-refractivity contribution is 0.161. The molecule has 0 fully saturated rings. The molecule has 1 N–H and O–H groups in total. The van der Waals surface area contributed by atoms with Crippen LogP contribution in [0.25, 0.3) is 0 Å². The van der Waals surface area contributed by atoms with Crippen LogP contribution in [-0.4, -0.2) is 17.3 Å². The minimum atomic E-state index is -0.494. The van der Waals surface area contributed by atoms with Gasteiger partial charge in [-0.25, -0.2) is 0 Å². The number of aliphatic hydroxyl groups is 1. The van der Waals surface area contributed by atoms with Crippen molar-refractivity contribution in [3.8, 4) is 11.5 Å². The molecule has 0 heterocycles. The normalized spacial score (nSPS) is 12.9. The molecule has 0 aliphatic rings. The number of rotatable bonds is 6. The van der Waals surface area contributed by atoms with E-state index in [1.807, 2.05) is 52.8 Å². The highest BCUT2D eigenvalue weighted by molar-refractivity contribution is 5.42. The molecule has 0 amide bonds. The van der Waals surface area contributed by atoms with E-state index in [2.05, 4.69) is 0 Å². The molecule has 0 spiro atoms. The van der Waals surface area contributed by atoms with Crippen molar-refractivity contribution < 1.29 is 14.6 Å². The fraction of sp³-hybridized carbons (Fsp3) is 0.600. The predicted octanol–water partition coefficient (Wildman–Crippen LogP) is 3.70. The Balaban J connectivity index is 3.03. The molecular weight excluding hydrogens is 228 g/mol. The van der Waals surface area contributed by atoms with Gasteiger partial charge in [-0.3, -0.25) is 0 Å². The van der Waals surface area contributed by atoms with E-state index in [0.717, 1.165) is 11.3 Å². The Morgan fingerprint density at radius 2 is 1.67 bits per heavy atom. The number of hydrogen-bond donors (Lipinski definition) is 1. The Labute approximate surface area is 110 Å². The molecule has 1 rings (SSSR count). The van der Waals surface area contributed by atoms with E-state index >= 15 is 0 Å². The first kappa shape index (κ1) is 14.8. The van der Waals surface area contributed by atoms with Gasteiger partial charge in [0.15, 0.2) is 0 Å². The Hall–Kier alpha value is -1.22. The van der Waals surface area contributed by atoms with Gasteiger partial charge >= 0.3 is 0 Å². The van der Waals surface area contributed by atoms with Gasteiger partial charge in [0.2, 0.25) is 0 Å². The van der Waals surface area contributed by atoms with E-state index in [9.17, 15) is 5.11 Å². The summed E-state index contributed by atoms with van der Waals surface area (Å²) >= 11 is 0. The number of ether oxygens (including phenoxy) is 2. The lowest BCUT2D eigenvalue weighted by Crippen LogP contribution is -2.11. The zero-order chi connectivity index (χ0) is 13.7. The topological polar surface area (TPSA) is 38.7 Å².